The van der Waals surface area contributed by atoms with Gasteiger partial charge >= 0.3 is 0 Å². The summed E-state index contributed by atoms with van der Waals surface area (Å²) in [4.78, 5) is 0. The van der Waals surface area contributed by atoms with E-state index in [0.29, 0.717) is 12.6 Å². The summed E-state index contributed by atoms with van der Waals surface area (Å²) in [7, 11) is 0. The summed E-state index contributed by atoms with van der Waals surface area (Å²) in [6.45, 7) is 6.43. The molecule has 1 rings (SSSR count). The van der Waals surface area contributed by atoms with E-state index in [4.69, 9.17) is 4.74 Å². The molecule has 1 aromatic rings. The summed E-state index contributed by atoms with van der Waals surface area (Å²) in [6, 6.07) is 6.66. The van der Waals surface area contributed by atoms with Gasteiger partial charge in [-0.3, -0.25) is 0 Å². The average Bonchev–Trinajstić information content (AvgIpc) is 2.23. The zero-order chi connectivity index (χ0) is 11.8. The monoisotopic (exact) mass is 225 g/mol. The zero-order valence-corrected chi connectivity index (χ0v) is 10.0. The molecule has 0 fully saturated rings. The van der Waals surface area contributed by atoms with Crippen LogP contribution in [0.5, 0.6) is 0 Å². The standard InChI is InChI=1S/C13H20FNO/c1-11(2)16-8-4-7-15-10-12-5-3-6-13(14)9-12/h3,5-6,9,11,15H,4,7-8,10H2,1-2H3. The van der Waals surface area contributed by atoms with Crippen molar-refractivity contribution in [2.45, 2.75) is 32.9 Å². The summed E-state index contributed by atoms with van der Waals surface area (Å²) < 4.78 is 18.3. The van der Waals surface area contributed by atoms with Gasteiger partial charge in [0.1, 0.15) is 5.82 Å². The molecule has 0 saturated carbocycles. The van der Waals surface area contributed by atoms with E-state index >= 15 is 0 Å². The molecule has 0 spiro atoms. The lowest BCUT2D eigenvalue weighted by Gasteiger charge is -2.08. The Bertz CT molecular complexity index is 302. The topological polar surface area (TPSA) is 21.3 Å². The van der Waals surface area contributed by atoms with E-state index in [9.17, 15) is 4.39 Å². The lowest BCUT2D eigenvalue weighted by molar-refractivity contribution is 0.0770. The lowest BCUT2D eigenvalue weighted by atomic mass is 10.2. The summed E-state index contributed by atoms with van der Waals surface area (Å²) in [5, 5.41) is 3.26. The molecule has 0 aliphatic rings. The molecule has 0 amide bonds. The third kappa shape index (κ3) is 5.83. The second-order valence-electron chi connectivity index (χ2n) is 4.08. The molecule has 0 unspecified atom stereocenters. The van der Waals surface area contributed by atoms with Gasteiger partial charge in [-0.25, -0.2) is 4.39 Å². The van der Waals surface area contributed by atoms with Crippen molar-refractivity contribution < 1.29 is 9.13 Å². The Labute approximate surface area is 96.8 Å². The summed E-state index contributed by atoms with van der Waals surface area (Å²) in [5.41, 5.74) is 0.977. The van der Waals surface area contributed by atoms with Crippen molar-refractivity contribution in [3.8, 4) is 0 Å². The number of halogens is 1. The number of ether oxygens (including phenoxy) is 1. The van der Waals surface area contributed by atoms with E-state index < -0.39 is 0 Å². The fourth-order valence-corrected chi connectivity index (χ4v) is 1.40. The minimum Gasteiger partial charge on any atom is -0.379 e. The first kappa shape index (κ1) is 13.1. The molecule has 0 saturated heterocycles. The SMILES string of the molecule is CC(C)OCCCNCc1cccc(F)c1. The molecule has 0 aliphatic carbocycles. The minimum atomic E-state index is -0.178. The van der Waals surface area contributed by atoms with Crippen LogP contribution in [-0.4, -0.2) is 19.3 Å². The highest BCUT2D eigenvalue weighted by atomic mass is 19.1. The van der Waals surface area contributed by atoms with E-state index in [2.05, 4.69) is 5.32 Å². The predicted molar refractivity (Wildman–Crippen MR) is 63.8 cm³/mol. The van der Waals surface area contributed by atoms with Crippen molar-refractivity contribution in [2.75, 3.05) is 13.2 Å². The Kier molecular flexibility index (Phi) is 6.04. The van der Waals surface area contributed by atoms with E-state index in [-0.39, 0.29) is 5.82 Å². The van der Waals surface area contributed by atoms with Crippen molar-refractivity contribution in [1.82, 2.24) is 5.32 Å². The largest absolute Gasteiger partial charge is 0.379 e. The summed E-state index contributed by atoms with van der Waals surface area (Å²) >= 11 is 0. The van der Waals surface area contributed by atoms with Gasteiger partial charge in [0.2, 0.25) is 0 Å². The van der Waals surface area contributed by atoms with Crippen molar-refractivity contribution in [1.29, 1.82) is 0 Å². The number of nitrogens with one attached hydrogen (secondary N) is 1. The quantitative estimate of drug-likeness (QED) is 0.720. The van der Waals surface area contributed by atoms with E-state index in [0.717, 1.165) is 25.1 Å². The lowest BCUT2D eigenvalue weighted by Crippen LogP contribution is -2.17. The van der Waals surface area contributed by atoms with Crippen LogP contribution in [0.25, 0.3) is 0 Å². The fourth-order valence-electron chi connectivity index (χ4n) is 1.40. The summed E-state index contributed by atoms with van der Waals surface area (Å²) in [5.74, 6) is -0.178. The fraction of sp³-hybridized carbons (Fsp3) is 0.538. The van der Waals surface area contributed by atoms with Gasteiger partial charge in [-0.15, -0.1) is 0 Å². The third-order valence-corrected chi connectivity index (χ3v) is 2.17. The second-order valence-corrected chi connectivity index (χ2v) is 4.08. The van der Waals surface area contributed by atoms with Crippen LogP contribution in [0.4, 0.5) is 4.39 Å². The first-order chi connectivity index (χ1) is 7.68. The zero-order valence-electron chi connectivity index (χ0n) is 10.0. The first-order valence-electron chi connectivity index (χ1n) is 5.75. The molecule has 16 heavy (non-hydrogen) atoms. The number of benzene rings is 1. The highest BCUT2D eigenvalue weighted by molar-refractivity contribution is 5.15. The normalized spacial score (nSPS) is 11.0. The Morgan fingerprint density at radius 1 is 1.38 bits per heavy atom. The van der Waals surface area contributed by atoms with Crippen LogP contribution in [0.3, 0.4) is 0 Å². The molecule has 90 valence electrons. The molecule has 0 heterocycles. The Hall–Kier alpha value is -0.930. The van der Waals surface area contributed by atoms with Gasteiger partial charge in [0.15, 0.2) is 0 Å². The van der Waals surface area contributed by atoms with Gasteiger partial charge in [0, 0.05) is 13.2 Å². The van der Waals surface area contributed by atoms with Gasteiger partial charge in [0.25, 0.3) is 0 Å². The molecule has 1 aromatic carbocycles. The molecular weight excluding hydrogens is 205 g/mol. The predicted octanol–water partition coefficient (Wildman–Crippen LogP) is 2.73. The van der Waals surface area contributed by atoms with E-state index in [1.54, 1.807) is 12.1 Å². The molecule has 0 aromatic heterocycles. The van der Waals surface area contributed by atoms with Crippen LogP contribution in [-0.2, 0) is 11.3 Å². The summed E-state index contributed by atoms with van der Waals surface area (Å²) in [6.07, 6.45) is 1.27. The number of hydrogen-bond acceptors (Lipinski definition) is 2. The molecule has 0 bridgehead atoms. The molecule has 1 N–H and O–H groups in total. The first-order valence-corrected chi connectivity index (χ1v) is 5.75. The Balaban J connectivity index is 2.07. The van der Waals surface area contributed by atoms with Crippen LogP contribution in [0.15, 0.2) is 24.3 Å². The number of hydrogen-bond donors (Lipinski definition) is 1. The van der Waals surface area contributed by atoms with E-state index in [1.165, 1.54) is 6.07 Å². The molecule has 0 atom stereocenters. The van der Waals surface area contributed by atoms with Gasteiger partial charge < -0.3 is 10.1 Å². The molecule has 0 radical (unpaired) electrons. The molecule has 0 aliphatic heterocycles. The maximum atomic E-state index is 12.8. The minimum absolute atomic E-state index is 0.178. The van der Waals surface area contributed by atoms with Crippen molar-refractivity contribution >= 4 is 0 Å². The second kappa shape index (κ2) is 7.36. The third-order valence-electron chi connectivity index (χ3n) is 2.17. The van der Waals surface area contributed by atoms with Crippen molar-refractivity contribution in [3.63, 3.8) is 0 Å². The highest BCUT2D eigenvalue weighted by Crippen LogP contribution is 2.02. The van der Waals surface area contributed by atoms with Gasteiger partial charge in [0.05, 0.1) is 6.10 Å². The smallest absolute Gasteiger partial charge is 0.123 e. The van der Waals surface area contributed by atoms with Crippen molar-refractivity contribution in [3.05, 3.63) is 35.6 Å². The Morgan fingerprint density at radius 2 is 2.19 bits per heavy atom. The molecular formula is C13H20FNO. The molecule has 2 nitrogen and oxygen atoms in total. The van der Waals surface area contributed by atoms with Crippen molar-refractivity contribution in [2.24, 2.45) is 0 Å². The van der Waals surface area contributed by atoms with Crippen LogP contribution in [0.1, 0.15) is 25.8 Å². The van der Waals surface area contributed by atoms with Gasteiger partial charge in [-0.05, 0) is 44.5 Å². The Morgan fingerprint density at radius 3 is 2.88 bits per heavy atom. The molecule has 3 heteroatoms. The highest BCUT2D eigenvalue weighted by Gasteiger charge is 1.95. The average molecular weight is 225 g/mol. The van der Waals surface area contributed by atoms with Gasteiger partial charge in [-0.2, -0.15) is 0 Å². The van der Waals surface area contributed by atoms with Crippen LogP contribution in [0, 0.1) is 5.82 Å². The number of rotatable bonds is 7. The van der Waals surface area contributed by atoms with Crippen LogP contribution >= 0.6 is 0 Å². The maximum absolute atomic E-state index is 12.8. The van der Waals surface area contributed by atoms with Gasteiger partial charge in [-0.1, -0.05) is 12.1 Å². The van der Waals surface area contributed by atoms with Crippen LogP contribution in [0.2, 0.25) is 0 Å². The maximum Gasteiger partial charge on any atom is 0.123 e. The van der Waals surface area contributed by atoms with E-state index in [1.807, 2.05) is 19.9 Å². The van der Waals surface area contributed by atoms with Crippen LogP contribution < -0.4 is 5.32 Å².